The Balaban J connectivity index is 2.77. The standard InChI is InChI=1S/C11H14BrF3N2O2S/c1-7-5-8(12)9(16)6-10(7)20(18,19)17-4-2-3-11(13,14)15/h5-6,17H,2-4,16H2,1H3. The Labute approximate surface area is 123 Å². The molecular weight excluding hydrogens is 361 g/mol. The first kappa shape index (κ1) is 17.3. The van der Waals surface area contributed by atoms with Crippen molar-refractivity contribution < 1.29 is 21.6 Å². The summed E-state index contributed by atoms with van der Waals surface area (Å²) in [5.41, 5.74) is 6.31. The minimum Gasteiger partial charge on any atom is -0.398 e. The Hall–Kier alpha value is -0.800. The van der Waals surface area contributed by atoms with E-state index in [1.807, 2.05) is 0 Å². The lowest BCUT2D eigenvalue weighted by Crippen LogP contribution is -2.26. The van der Waals surface area contributed by atoms with Crippen LogP contribution in [-0.2, 0) is 10.0 Å². The Morgan fingerprint density at radius 2 is 1.95 bits per heavy atom. The molecule has 1 aromatic carbocycles. The molecule has 0 aliphatic heterocycles. The molecule has 1 aromatic rings. The average molecular weight is 375 g/mol. The molecule has 4 nitrogen and oxygen atoms in total. The molecule has 0 fully saturated rings. The minimum absolute atomic E-state index is 0.0368. The van der Waals surface area contributed by atoms with Crippen LogP contribution in [0, 0.1) is 6.92 Å². The van der Waals surface area contributed by atoms with Crippen LogP contribution in [0.3, 0.4) is 0 Å². The summed E-state index contributed by atoms with van der Waals surface area (Å²) < 4.78 is 62.5. The van der Waals surface area contributed by atoms with Crippen molar-refractivity contribution in [2.24, 2.45) is 0 Å². The molecule has 0 aliphatic carbocycles. The molecule has 0 amide bonds. The topological polar surface area (TPSA) is 72.2 Å². The fourth-order valence-corrected chi connectivity index (χ4v) is 3.32. The molecule has 0 unspecified atom stereocenters. The van der Waals surface area contributed by atoms with E-state index in [4.69, 9.17) is 5.73 Å². The van der Waals surface area contributed by atoms with Crippen LogP contribution in [0.25, 0.3) is 0 Å². The van der Waals surface area contributed by atoms with Crippen molar-refractivity contribution in [1.29, 1.82) is 0 Å². The largest absolute Gasteiger partial charge is 0.398 e. The second-order valence-electron chi connectivity index (χ2n) is 4.26. The van der Waals surface area contributed by atoms with Gasteiger partial charge in [-0.3, -0.25) is 0 Å². The summed E-state index contributed by atoms with van der Waals surface area (Å²) in [5.74, 6) is 0. The maximum absolute atomic E-state index is 12.0. The van der Waals surface area contributed by atoms with Gasteiger partial charge in [0.2, 0.25) is 10.0 Å². The van der Waals surface area contributed by atoms with Gasteiger partial charge < -0.3 is 5.73 Å². The number of rotatable bonds is 5. The molecule has 0 spiro atoms. The number of sulfonamides is 1. The molecule has 0 bridgehead atoms. The summed E-state index contributed by atoms with van der Waals surface area (Å²) in [7, 11) is -3.87. The van der Waals surface area contributed by atoms with Crippen molar-refractivity contribution in [3.8, 4) is 0 Å². The third-order valence-electron chi connectivity index (χ3n) is 2.51. The van der Waals surface area contributed by atoms with Crippen LogP contribution in [0.2, 0.25) is 0 Å². The molecule has 9 heteroatoms. The van der Waals surface area contributed by atoms with Gasteiger partial charge in [-0.1, -0.05) is 0 Å². The first-order valence-corrected chi connectivity index (χ1v) is 7.92. The molecule has 0 heterocycles. The second kappa shape index (κ2) is 6.31. The summed E-state index contributed by atoms with van der Waals surface area (Å²) in [5, 5.41) is 0. The van der Waals surface area contributed by atoms with Crippen LogP contribution in [0.15, 0.2) is 21.5 Å². The third-order valence-corrected chi connectivity index (χ3v) is 4.80. The molecule has 0 atom stereocenters. The lowest BCUT2D eigenvalue weighted by molar-refractivity contribution is -0.135. The summed E-state index contributed by atoms with van der Waals surface area (Å²) in [4.78, 5) is -0.0368. The molecule has 3 N–H and O–H groups in total. The number of anilines is 1. The number of halogens is 4. The van der Waals surface area contributed by atoms with Gasteiger partial charge in [0.25, 0.3) is 0 Å². The van der Waals surface area contributed by atoms with Gasteiger partial charge in [0.1, 0.15) is 0 Å². The van der Waals surface area contributed by atoms with Crippen LogP contribution in [-0.4, -0.2) is 21.1 Å². The van der Waals surface area contributed by atoms with E-state index in [0.29, 0.717) is 10.0 Å². The van der Waals surface area contributed by atoms with Gasteiger partial charge in [0, 0.05) is 23.1 Å². The molecule has 0 radical (unpaired) electrons. The zero-order chi connectivity index (χ0) is 15.6. The van der Waals surface area contributed by atoms with Crippen LogP contribution < -0.4 is 10.5 Å². The molecule has 1 rings (SSSR count). The summed E-state index contributed by atoms with van der Waals surface area (Å²) in [6.07, 6.45) is -5.63. The molecule has 20 heavy (non-hydrogen) atoms. The van der Waals surface area contributed by atoms with Gasteiger partial charge in [-0.25, -0.2) is 13.1 Å². The quantitative estimate of drug-likeness (QED) is 0.614. The van der Waals surface area contributed by atoms with Crippen LogP contribution >= 0.6 is 15.9 Å². The smallest absolute Gasteiger partial charge is 0.389 e. The first-order valence-electron chi connectivity index (χ1n) is 5.65. The van der Waals surface area contributed by atoms with Crippen molar-refractivity contribution in [2.45, 2.75) is 30.8 Å². The van der Waals surface area contributed by atoms with Gasteiger partial charge in [0.05, 0.1) is 4.90 Å². The number of aryl methyl sites for hydroxylation is 1. The Bertz CT molecular complexity index is 588. The second-order valence-corrected chi connectivity index (χ2v) is 6.85. The van der Waals surface area contributed by atoms with Gasteiger partial charge in [-0.05, 0) is 47.0 Å². The highest BCUT2D eigenvalue weighted by atomic mass is 79.9. The highest BCUT2D eigenvalue weighted by molar-refractivity contribution is 9.10. The predicted octanol–water partition coefficient (Wildman–Crippen LogP) is 2.96. The zero-order valence-electron chi connectivity index (χ0n) is 10.6. The van der Waals surface area contributed by atoms with Gasteiger partial charge in [-0.15, -0.1) is 0 Å². The third kappa shape index (κ3) is 4.95. The van der Waals surface area contributed by atoms with Crippen molar-refractivity contribution in [1.82, 2.24) is 4.72 Å². The molecular formula is C11H14BrF3N2O2S. The number of hydrogen-bond acceptors (Lipinski definition) is 3. The van der Waals surface area contributed by atoms with Gasteiger partial charge >= 0.3 is 6.18 Å². The van der Waals surface area contributed by atoms with E-state index < -0.39 is 22.6 Å². The number of nitrogen functional groups attached to an aromatic ring is 1. The van der Waals surface area contributed by atoms with E-state index in [1.165, 1.54) is 6.07 Å². The Morgan fingerprint density at radius 1 is 1.35 bits per heavy atom. The van der Waals surface area contributed by atoms with Gasteiger partial charge in [0.15, 0.2) is 0 Å². The van der Waals surface area contributed by atoms with E-state index in [-0.39, 0.29) is 23.5 Å². The predicted molar refractivity (Wildman–Crippen MR) is 73.8 cm³/mol. The van der Waals surface area contributed by atoms with E-state index in [0.717, 1.165) is 0 Å². The zero-order valence-corrected chi connectivity index (χ0v) is 13.0. The lowest BCUT2D eigenvalue weighted by Gasteiger charge is -2.11. The van der Waals surface area contributed by atoms with E-state index in [9.17, 15) is 21.6 Å². The fraction of sp³-hybridized carbons (Fsp3) is 0.455. The molecule has 0 saturated carbocycles. The van der Waals surface area contributed by atoms with E-state index >= 15 is 0 Å². The number of alkyl halides is 3. The maximum Gasteiger partial charge on any atom is 0.389 e. The lowest BCUT2D eigenvalue weighted by atomic mass is 10.2. The van der Waals surface area contributed by atoms with E-state index in [1.54, 1.807) is 13.0 Å². The molecule has 114 valence electrons. The van der Waals surface area contributed by atoms with Gasteiger partial charge in [-0.2, -0.15) is 13.2 Å². The Morgan fingerprint density at radius 3 is 2.50 bits per heavy atom. The number of nitrogens with two attached hydrogens (primary N) is 1. The van der Waals surface area contributed by atoms with Crippen molar-refractivity contribution in [3.63, 3.8) is 0 Å². The van der Waals surface area contributed by atoms with Crippen LogP contribution in [0.5, 0.6) is 0 Å². The van der Waals surface area contributed by atoms with Crippen molar-refractivity contribution >= 4 is 31.6 Å². The molecule has 0 aliphatic rings. The average Bonchev–Trinajstić information content (AvgIpc) is 2.28. The van der Waals surface area contributed by atoms with E-state index in [2.05, 4.69) is 20.7 Å². The maximum atomic E-state index is 12.0. The highest BCUT2D eigenvalue weighted by Crippen LogP contribution is 2.26. The Kier molecular flexibility index (Phi) is 5.45. The summed E-state index contributed by atoms with van der Waals surface area (Å²) >= 11 is 3.17. The number of hydrogen-bond donors (Lipinski definition) is 2. The SMILES string of the molecule is Cc1cc(Br)c(N)cc1S(=O)(=O)NCCCC(F)(F)F. The minimum atomic E-state index is -4.29. The molecule has 0 saturated heterocycles. The van der Waals surface area contributed by atoms with Crippen LogP contribution in [0.1, 0.15) is 18.4 Å². The van der Waals surface area contributed by atoms with Crippen molar-refractivity contribution in [3.05, 3.63) is 22.2 Å². The number of nitrogens with one attached hydrogen (secondary N) is 1. The first-order chi connectivity index (χ1) is 9.03. The normalized spacial score (nSPS) is 12.7. The van der Waals surface area contributed by atoms with Crippen LogP contribution in [0.4, 0.5) is 18.9 Å². The fourth-order valence-electron chi connectivity index (χ4n) is 1.53. The molecule has 0 aromatic heterocycles. The monoisotopic (exact) mass is 374 g/mol. The summed E-state index contributed by atoms with van der Waals surface area (Å²) in [6.45, 7) is 1.30. The van der Waals surface area contributed by atoms with Crippen molar-refractivity contribution in [2.75, 3.05) is 12.3 Å². The summed E-state index contributed by atoms with van der Waals surface area (Å²) in [6, 6.07) is 2.81. The highest BCUT2D eigenvalue weighted by Gasteiger charge is 2.26. The number of benzene rings is 1.